The second-order valence-electron chi connectivity index (χ2n) is 6.88. The van der Waals surface area contributed by atoms with Crippen LogP contribution in [0.1, 0.15) is 32.8 Å². The van der Waals surface area contributed by atoms with Crippen LogP contribution in [0, 0.1) is 5.92 Å². The van der Waals surface area contributed by atoms with Gasteiger partial charge in [0.05, 0.1) is 32.6 Å². The number of aliphatic imine (C=N–C) groups is 1. The highest BCUT2D eigenvalue weighted by atomic mass is 16.5. The van der Waals surface area contributed by atoms with Gasteiger partial charge in [-0.2, -0.15) is 0 Å². The van der Waals surface area contributed by atoms with Crippen molar-refractivity contribution in [2.24, 2.45) is 10.9 Å². The fraction of sp³-hybridized carbons (Fsp3) is 0.526. The number of ether oxygens (including phenoxy) is 3. The summed E-state index contributed by atoms with van der Waals surface area (Å²) >= 11 is 0. The average molecular weight is 375 g/mol. The third kappa shape index (κ3) is 3.84. The Morgan fingerprint density at radius 1 is 1.37 bits per heavy atom. The summed E-state index contributed by atoms with van der Waals surface area (Å²) in [5.41, 5.74) is 1.65. The summed E-state index contributed by atoms with van der Waals surface area (Å²) in [4.78, 5) is 29.6. The number of nitrogens with zero attached hydrogens (tertiary/aromatic N) is 2. The minimum Gasteiger partial charge on any atom is -0.492 e. The van der Waals surface area contributed by atoms with E-state index in [1.54, 1.807) is 13.2 Å². The summed E-state index contributed by atoms with van der Waals surface area (Å²) in [6.45, 7) is 6.64. The van der Waals surface area contributed by atoms with E-state index in [1.165, 1.54) is 6.92 Å². The maximum absolute atomic E-state index is 12.3. The lowest BCUT2D eigenvalue weighted by atomic mass is 10.0. The quantitative estimate of drug-likeness (QED) is 0.579. The molecule has 0 bridgehead atoms. The van der Waals surface area contributed by atoms with E-state index in [2.05, 4.69) is 10.3 Å². The molecule has 1 N–H and O–H groups in total. The highest BCUT2D eigenvalue weighted by Crippen LogP contribution is 2.41. The first kappa shape index (κ1) is 19.0. The van der Waals surface area contributed by atoms with E-state index in [0.717, 1.165) is 11.3 Å². The van der Waals surface area contributed by atoms with Crippen LogP contribution in [0.25, 0.3) is 0 Å². The Balaban J connectivity index is 1.78. The number of benzene rings is 1. The Bertz CT molecular complexity index is 775. The van der Waals surface area contributed by atoms with Gasteiger partial charge in [-0.25, -0.2) is 4.99 Å². The van der Waals surface area contributed by atoms with Crippen LogP contribution < -0.4 is 14.8 Å². The summed E-state index contributed by atoms with van der Waals surface area (Å²) < 4.78 is 16.3. The SMILES string of the molecule is COc1c(OCCCOC(C)=O)ccc2c1CN1C(=N2)NC(=O)C1C(C)C. The number of rotatable bonds is 7. The lowest BCUT2D eigenvalue weighted by molar-refractivity contribution is -0.141. The van der Waals surface area contributed by atoms with Gasteiger partial charge in [-0.3, -0.25) is 14.9 Å². The molecule has 8 nitrogen and oxygen atoms in total. The lowest BCUT2D eigenvalue weighted by Gasteiger charge is -2.30. The van der Waals surface area contributed by atoms with Gasteiger partial charge in [-0.05, 0) is 18.1 Å². The van der Waals surface area contributed by atoms with Crippen LogP contribution in [-0.4, -0.2) is 49.1 Å². The van der Waals surface area contributed by atoms with Crippen molar-refractivity contribution < 1.29 is 23.8 Å². The second kappa shape index (κ2) is 7.85. The van der Waals surface area contributed by atoms with E-state index in [1.807, 2.05) is 24.8 Å². The number of hydrogen-bond acceptors (Lipinski definition) is 7. The zero-order valence-electron chi connectivity index (χ0n) is 16.1. The highest BCUT2D eigenvalue weighted by Gasteiger charge is 2.41. The molecule has 1 amide bonds. The van der Waals surface area contributed by atoms with Crippen molar-refractivity contribution in [3.8, 4) is 11.5 Å². The van der Waals surface area contributed by atoms with E-state index in [9.17, 15) is 9.59 Å². The predicted molar refractivity (Wildman–Crippen MR) is 99.1 cm³/mol. The summed E-state index contributed by atoms with van der Waals surface area (Å²) in [6, 6.07) is 3.41. The number of hydrogen-bond donors (Lipinski definition) is 1. The van der Waals surface area contributed by atoms with E-state index in [4.69, 9.17) is 14.2 Å². The molecule has 1 aromatic carbocycles. The third-order valence-corrected chi connectivity index (χ3v) is 4.55. The summed E-state index contributed by atoms with van der Waals surface area (Å²) in [5, 5.41) is 2.86. The molecule has 0 saturated carbocycles. The van der Waals surface area contributed by atoms with Crippen LogP contribution in [0.2, 0.25) is 0 Å². The maximum atomic E-state index is 12.3. The second-order valence-corrected chi connectivity index (χ2v) is 6.88. The van der Waals surface area contributed by atoms with Gasteiger partial charge in [-0.15, -0.1) is 0 Å². The molecule has 8 heteroatoms. The Hall–Kier alpha value is -2.77. The number of carbonyl (C=O) groups is 2. The zero-order valence-corrected chi connectivity index (χ0v) is 16.1. The molecule has 1 aromatic rings. The molecule has 146 valence electrons. The molecule has 0 spiro atoms. The summed E-state index contributed by atoms with van der Waals surface area (Å²) in [5.74, 6) is 1.64. The molecule has 1 saturated heterocycles. The van der Waals surface area contributed by atoms with Gasteiger partial charge < -0.3 is 19.1 Å². The number of fused-ring (bicyclic) bond motifs is 2. The van der Waals surface area contributed by atoms with Crippen LogP contribution in [-0.2, 0) is 20.9 Å². The average Bonchev–Trinajstić information content (AvgIpc) is 2.93. The fourth-order valence-corrected chi connectivity index (χ4v) is 3.39. The molecule has 0 radical (unpaired) electrons. The van der Waals surface area contributed by atoms with Crippen LogP contribution in [0.3, 0.4) is 0 Å². The first-order valence-corrected chi connectivity index (χ1v) is 9.04. The first-order valence-electron chi connectivity index (χ1n) is 9.04. The van der Waals surface area contributed by atoms with Crippen molar-refractivity contribution in [3.63, 3.8) is 0 Å². The Kier molecular flexibility index (Phi) is 5.53. The monoisotopic (exact) mass is 375 g/mol. The van der Waals surface area contributed by atoms with Crippen LogP contribution in [0.4, 0.5) is 5.69 Å². The Labute approximate surface area is 158 Å². The molecule has 1 atom stereocenters. The largest absolute Gasteiger partial charge is 0.492 e. The van der Waals surface area contributed by atoms with Gasteiger partial charge in [0.2, 0.25) is 11.9 Å². The minimum atomic E-state index is -0.302. The predicted octanol–water partition coefficient (Wildman–Crippen LogP) is 1.98. The molecular formula is C19H25N3O5. The third-order valence-electron chi connectivity index (χ3n) is 4.55. The molecule has 1 unspecified atom stereocenters. The molecule has 27 heavy (non-hydrogen) atoms. The number of amides is 1. The Morgan fingerprint density at radius 3 is 2.81 bits per heavy atom. The van der Waals surface area contributed by atoms with Gasteiger partial charge in [0.25, 0.3) is 0 Å². The number of methoxy groups -OCH3 is 1. The van der Waals surface area contributed by atoms with Crippen molar-refractivity contribution in [3.05, 3.63) is 17.7 Å². The van der Waals surface area contributed by atoms with Crippen molar-refractivity contribution >= 4 is 23.5 Å². The summed E-state index contributed by atoms with van der Waals surface area (Å²) in [6.07, 6.45) is 0.585. The lowest BCUT2D eigenvalue weighted by Crippen LogP contribution is -2.40. The molecular weight excluding hydrogens is 350 g/mol. The van der Waals surface area contributed by atoms with E-state index >= 15 is 0 Å². The fourth-order valence-electron chi connectivity index (χ4n) is 3.39. The molecule has 2 aliphatic heterocycles. The van der Waals surface area contributed by atoms with E-state index in [0.29, 0.717) is 43.6 Å². The molecule has 1 fully saturated rings. The zero-order chi connectivity index (χ0) is 19.6. The van der Waals surface area contributed by atoms with Crippen molar-refractivity contribution in [1.82, 2.24) is 10.2 Å². The smallest absolute Gasteiger partial charge is 0.302 e. The van der Waals surface area contributed by atoms with Gasteiger partial charge >= 0.3 is 5.97 Å². The van der Waals surface area contributed by atoms with Crippen LogP contribution in [0.15, 0.2) is 17.1 Å². The van der Waals surface area contributed by atoms with E-state index in [-0.39, 0.29) is 23.8 Å². The van der Waals surface area contributed by atoms with E-state index < -0.39 is 0 Å². The summed E-state index contributed by atoms with van der Waals surface area (Å²) in [7, 11) is 1.59. The first-order chi connectivity index (χ1) is 12.9. The number of esters is 1. The number of carbonyl (C=O) groups excluding carboxylic acids is 2. The van der Waals surface area contributed by atoms with Crippen molar-refractivity contribution in [1.29, 1.82) is 0 Å². The van der Waals surface area contributed by atoms with Gasteiger partial charge in [0, 0.05) is 18.9 Å². The standard InChI is InChI=1S/C19H25N3O5/c1-11(2)16-18(24)21-19-20-14-6-7-15(27-9-5-8-26-12(3)23)17(25-4)13(14)10-22(16)19/h6-7,11,16H,5,8-10H2,1-4H3,(H,20,21,24). The molecule has 0 aromatic heterocycles. The normalized spacial score (nSPS) is 17.8. The number of guanidine groups is 1. The molecule has 0 aliphatic carbocycles. The maximum Gasteiger partial charge on any atom is 0.302 e. The highest BCUT2D eigenvalue weighted by molar-refractivity contribution is 6.08. The van der Waals surface area contributed by atoms with Crippen LogP contribution in [0.5, 0.6) is 11.5 Å². The van der Waals surface area contributed by atoms with Crippen molar-refractivity contribution in [2.45, 2.75) is 39.8 Å². The topological polar surface area (TPSA) is 89.5 Å². The van der Waals surface area contributed by atoms with Gasteiger partial charge in [0.15, 0.2) is 11.5 Å². The number of nitrogens with one attached hydrogen (secondary N) is 1. The van der Waals surface area contributed by atoms with Crippen LogP contribution >= 0.6 is 0 Å². The Morgan fingerprint density at radius 2 is 2.15 bits per heavy atom. The van der Waals surface area contributed by atoms with Gasteiger partial charge in [0.1, 0.15) is 6.04 Å². The molecule has 2 aliphatic rings. The van der Waals surface area contributed by atoms with Gasteiger partial charge in [-0.1, -0.05) is 13.8 Å². The molecule has 2 heterocycles. The van der Waals surface area contributed by atoms with Crippen molar-refractivity contribution in [2.75, 3.05) is 20.3 Å². The minimum absolute atomic E-state index is 0.0301. The molecule has 3 rings (SSSR count).